The van der Waals surface area contributed by atoms with Crippen LogP contribution in [0, 0.1) is 0 Å². The number of ether oxygens (including phenoxy) is 1. The van der Waals surface area contributed by atoms with Crippen LogP contribution in [0.15, 0.2) is 42.6 Å². The molecule has 3 nitrogen and oxygen atoms in total. The summed E-state index contributed by atoms with van der Waals surface area (Å²) in [5.41, 5.74) is 7.84. The second-order valence-corrected chi connectivity index (χ2v) is 4.84. The van der Waals surface area contributed by atoms with Gasteiger partial charge in [-0.2, -0.15) is 0 Å². The number of pyridine rings is 1. The third kappa shape index (κ3) is 3.55. The molecule has 0 aliphatic rings. The van der Waals surface area contributed by atoms with Gasteiger partial charge in [0.05, 0.1) is 0 Å². The molecule has 1 heterocycles. The number of benzene rings is 1. The second-order valence-electron chi connectivity index (χ2n) is 4.84. The Bertz CT molecular complexity index is 521. The van der Waals surface area contributed by atoms with Crippen molar-refractivity contribution in [3.8, 4) is 11.6 Å². The van der Waals surface area contributed by atoms with Gasteiger partial charge in [-0.1, -0.05) is 38.1 Å². The summed E-state index contributed by atoms with van der Waals surface area (Å²) in [4.78, 5) is 4.32. The normalized spacial score (nSPS) is 10.7. The molecule has 0 atom stereocenters. The van der Waals surface area contributed by atoms with E-state index in [-0.39, 0.29) is 0 Å². The van der Waals surface area contributed by atoms with Crippen LogP contribution in [0.4, 0.5) is 0 Å². The molecule has 2 aromatic rings. The molecule has 0 spiro atoms. The third-order valence-electron chi connectivity index (χ3n) is 2.99. The summed E-state index contributed by atoms with van der Waals surface area (Å²) in [7, 11) is 0. The molecular formula is C16H20N2O. The highest BCUT2D eigenvalue weighted by atomic mass is 16.5. The highest BCUT2D eigenvalue weighted by molar-refractivity contribution is 5.38. The predicted molar refractivity (Wildman–Crippen MR) is 77.6 cm³/mol. The minimum atomic E-state index is 0.424. The minimum Gasteiger partial charge on any atom is -0.439 e. The van der Waals surface area contributed by atoms with E-state index < -0.39 is 0 Å². The van der Waals surface area contributed by atoms with Crippen LogP contribution in [-0.4, -0.2) is 11.5 Å². The number of para-hydroxylation sites is 1. The SMILES string of the molecule is CC(C)c1ccccc1Oc1ccc(CCN)cn1. The number of hydrogen-bond donors (Lipinski definition) is 1. The zero-order valence-electron chi connectivity index (χ0n) is 11.5. The maximum atomic E-state index is 5.86. The van der Waals surface area contributed by atoms with Crippen LogP contribution in [-0.2, 0) is 6.42 Å². The first-order valence-corrected chi connectivity index (χ1v) is 6.62. The molecule has 0 aliphatic carbocycles. The number of nitrogens with zero attached hydrogens (tertiary/aromatic N) is 1. The van der Waals surface area contributed by atoms with Crippen molar-refractivity contribution in [1.82, 2.24) is 4.98 Å². The number of rotatable bonds is 5. The van der Waals surface area contributed by atoms with Crippen LogP contribution in [0.25, 0.3) is 0 Å². The van der Waals surface area contributed by atoms with Gasteiger partial charge in [0.25, 0.3) is 0 Å². The van der Waals surface area contributed by atoms with Crippen LogP contribution < -0.4 is 10.5 Å². The maximum absolute atomic E-state index is 5.86. The van der Waals surface area contributed by atoms with Crippen molar-refractivity contribution >= 4 is 0 Å². The lowest BCUT2D eigenvalue weighted by atomic mass is 10.0. The van der Waals surface area contributed by atoms with E-state index in [1.807, 2.05) is 36.5 Å². The molecule has 1 aromatic heterocycles. The van der Waals surface area contributed by atoms with E-state index in [1.54, 1.807) is 0 Å². The van der Waals surface area contributed by atoms with Gasteiger partial charge in [-0.05, 0) is 36.1 Å². The van der Waals surface area contributed by atoms with Gasteiger partial charge < -0.3 is 10.5 Å². The lowest BCUT2D eigenvalue weighted by Gasteiger charge is -2.12. The van der Waals surface area contributed by atoms with Crippen LogP contribution in [0.1, 0.15) is 30.9 Å². The lowest BCUT2D eigenvalue weighted by molar-refractivity contribution is 0.454. The van der Waals surface area contributed by atoms with E-state index in [4.69, 9.17) is 10.5 Å². The van der Waals surface area contributed by atoms with Crippen LogP contribution >= 0.6 is 0 Å². The van der Waals surface area contributed by atoms with Gasteiger partial charge in [0, 0.05) is 12.3 Å². The van der Waals surface area contributed by atoms with Gasteiger partial charge in [-0.3, -0.25) is 0 Å². The fourth-order valence-corrected chi connectivity index (χ4v) is 1.95. The van der Waals surface area contributed by atoms with E-state index in [9.17, 15) is 0 Å². The molecule has 19 heavy (non-hydrogen) atoms. The number of aromatic nitrogens is 1. The van der Waals surface area contributed by atoms with Crippen molar-refractivity contribution in [2.24, 2.45) is 5.73 Å². The van der Waals surface area contributed by atoms with Crippen molar-refractivity contribution in [2.45, 2.75) is 26.2 Å². The van der Waals surface area contributed by atoms with Gasteiger partial charge >= 0.3 is 0 Å². The molecule has 3 heteroatoms. The molecule has 2 N–H and O–H groups in total. The highest BCUT2D eigenvalue weighted by Gasteiger charge is 2.08. The molecule has 1 aromatic carbocycles. The van der Waals surface area contributed by atoms with Gasteiger partial charge in [-0.15, -0.1) is 0 Å². The van der Waals surface area contributed by atoms with Crippen LogP contribution in [0.2, 0.25) is 0 Å². The smallest absolute Gasteiger partial charge is 0.219 e. The Labute approximate surface area is 114 Å². The first-order chi connectivity index (χ1) is 9.20. The van der Waals surface area contributed by atoms with Crippen molar-refractivity contribution in [2.75, 3.05) is 6.54 Å². The summed E-state index contributed by atoms with van der Waals surface area (Å²) >= 11 is 0. The van der Waals surface area contributed by atoms with Crippen molar-refractivity contribution in [3.63, 3.8) is 0 Å². The molecular weight excluding hydrogens is 236 g/mol. The van der Waals surface area contributed by atoms with E-state index in [1.165, 1.54) is 5.56 Å². The van der Waals surface area contributed by atoms with Crippen molar-refractivity contribution in [1.29, 1.82) is 0 Å². The Morgan fingerprint density at radius 3 is 2.58 bits per heavy atom. The Morgan fingerprint density at radius 1 is 1.16 bits per heavy atom. The summed E-state index contributed by atoms with van der Waals surface area (Å²) in [6.07, 6.45) is 2.66. The van der Waals surface area contributed by atoms with E-state index in [2.05, 4.69) is 24.9 Å². The summed E-state index contributed by atoms with van der Waals surface area (Å²) in [5, 5.41) is 0. The average molecular weight is 256 g/mol. The molecule has 0 fully saturated rings. The molecule has 2 rings (SSSR count). The molecule has 0 bridgehead atoms. The first-order valence-electron chi connectivity index (χ1n) is 6.62. The molecule has 0 unspecified atom stereocenters. The summed E-state index contributed by atoms with van der Waals surface area (Å²) in [6.45, 7) is 4.94. The van der Waals surface area contributed by atoms with E-state index >= 15 is 0 Å². The Kier molecular flexibility index (Phi) is 4.53. The van der Waals surface area contributed by atoms with Gasteiger partial charge in [0.2, 0.25) is 5.88 Å². The molecule has 0 radical (unpaired) electrons. The zero-order valence-corrected chi connectivity index (χ0v) is 11.5. The predicted octanol–water partition coefficient (Wildman–Crippen LogP) is 3.50. The Hall–Kier alpha value is -1.87. The maximum Gasteiger partial charge on any atom is 0.219 e. The molecule has 0 aliphatic heterocycles. The lowest BCUT2D eigenvalue weighted by Crippen LogP contribution is -2.03. The minimum absolute atomic E-state index is 0.424. The second kappa shape index (κ2) is 6.34. The summed E-state index contributed by atoms with van der Waals surface area (Å²) in [5.74, 6) is 1.91. The molecule has 0 saturated heterocycles. The molecule has 0 saturated carbocycles. The van der Waals surface area contributed by atoms with Gasteiger partial charge in [0.1, 0.15) is 5.75 Å². The van der Waals surface area contributed by atoms with E-state index in [0.717, 1.165) is 17.7 Å². The van der Waals surface area contributed by atoms with Crippen molar-refractivity contribution in [3.05, 3.63) is 53.7 Å². The van der Waals surface area contributed by atoms with Crippen LogP contribution in [0.5, 0.6) is 11.6 Å². The Morgan fingerprint density at radius 2 is 1.95 bits per heavy atom. The Balaban J connectivity index is 2.17. The third-order valence-corrected chi connectivity index (χ3v) is 2.99. The van der Waals surface area contributed by atoms with Gasteiger partial charge in [0.15, 0.2) is 0 Å². The largest absolute Gasteiger partial charge is 0.439 e. The number of nitrogens with two attached hydrogens (primary N) is 1. The first kappa shape index (κ1) is 13.6. The average Bonchev–Trinajstić information content (AvgIpc) is 2.42. The molecule has 0 amide bonds. The standard InChI is InChI=1S/C16H20N2O/c1-12(2)14-5-3-4-6-15(14)19-16-8-7-13(9-10-17)11-18-16/h3-8,11-12H,9-10,17H2,1-2H3. The van der Waals surface area contributed by atoms with Gasteiger partial charge in [-0.25, -0.2) is 4.98 Å². The zero-order chi connectivity index (χ0) is 13.7. The topological polar surface area (TPSA) is 48.1 Å². The van der Waals surface area contributed by atoms with Crippen molar-refractivity contribution < 1.29 is 4.74 Å². The fraction of sp³-hybridized carbons (Fsp3) is 0.312. The quantitative estimate of drug-likeness (QED) is 0.890. The summed E-state index contributed by atoms with van der Waals surface area (Å²) < 4.78 is 5.86. The van der Waals surface area contributed by atoms with E-state index in [0.29, 0.717) is 18.3 Å². The number of hydrogen-bond acceptors (Lipinski definition) is 3. The fourth-order valence-electron chi connectivity index (χ4n) is 1.95. The monoisotopic (exact) mass is 256 g/mol. The highest BCUT2D eigenvalue weighted by Crippen LogP contribution is 2.29. The molecule has 100 valence electrons. The van der Waals surface area contributed by atoms with Crippen LogP contribution in [0.3, 0.4) is 0 Å². The summed E-state index contributed by atoms with van der Waals surface area (Å²) in [6, 6.07) is 12.0.